The van der Waals surface area contributed by atoms with Crippen LogP contribution in [0.4, 0.5) is 0 Å². The Morgan fingerprint density at radius 3 is 2.61 bits per heavy atom. The normalized spacial score (nSPS) is 25.2. The molecule has 124 valence electrons. The number of Topliss-reactive ketones (excluding diaryl/α,β-unsaturated/α-hetero) is 1. The minimum Gasteiger partial charge on any atom is -0.496 e. The maximum atomic E-state index is 13.2. The topological polar surface area (TPSA) is 29.5 Å². The van der Waals surface area contributed by atoms with E-state index < -0.39 is 0 Å². The first-order chi connectivity index (χ1) is 11.1. The molecule has 1 atom stereocenters. The van der Waals surface area contributed by atoms with Crippen LogP contribution < -0.4 is 4.74 Å². The van der Waals surface area contributed by atoms with Crippen LogP contribution >= 0.6 is 0 Å². The SMILES string of the molecule is COc1cccc2c1CCC1(CCN(C(C)C3CC3)CC1)C2=O. The zero-order valence-electron chi connectivity index (χ0n) is 14.3. The molecule has 1 saturated carbocycles. The molecule has 0 bridgehead atoms. The smallest absolute Gasteiger partial charge is 0.169 e. The fourth-order valence-corrected chi connectivity index (χ4v) is 4.70. The van der Waals surface area contributed by atoms with Crippen LogP contribution in [0.25, 0.3) is 0 Å². The number of benzene rings is 1. The quantitative estimate of drug-likeness (QED) is 0.852. The Labute approximate surface area is 139 Å². The molecule has 3 heteroatoms. The van der Waals surface area contributed by atoms with Gasteiger partial charge in [0.25, 0.3) is 0 Å². The summed E-state index contributed by atoms with van der Waals surface area (Å²) in [5, 5.41) is 0. The number of rotatable bonds is 3. The first-order valence-electron chi connectivity index (χ1n) is 9.09. The highest BCUT2D eigenvalue weighted by molar-refractivity contribution is 6.03. The molecule has 1 heterocycles. The Balaban J connectivity index is 1.53. The third kappa shape index (κ3) is 2.50. The van der Waals surface area contributed by atoms with Crippen LogP contribution in [0.15, 0.2) is 18.2 Å². The van der Waals surface area contributed by atoms with E-state index in [9.17, 15) is 4.79 Å². The van der Waals surface area contributed by atoms with Gasteiger partial charge in [-0.05, 0) is 70.5 Å². The summed E-state index contributed by atoms with van der Waals surface area (Å²) in [6, 6.07) is 6.64. The van der Waals surface area contributed by atoms with Crippen LogP contribution in [0.5, 0.6) is 5.75 Å². The molecule has 0 amide bonds. The van der Waals surface area contributed by atoms with E-state index in [1.165, 1.54) is 12.8 Å². The zero-order chi connectivity index (χ0) is 16.0. The largest absolute Gasteiger partial charge is 0.496 e. The van der Waals surface area contributed by atoms with Crippen LogP contribution in [-0.2, 0) is 6.42 Å². The van der Waals surface area contributed by atoms with Crippen LogP contribution in [-0.4, -0.2) is 36.9 Å². The van der Waals surface area contributed by atoms with Crippen molar-refractivity contribution in [1.29, 1.82) is 0 Å². The van der Waals surface area contributed by atoms with E-state index >= 15 is 0 Å². The van der Waals surface area contributed by atoms with Crippen molar-refractivity contribution < 1.29 is 9.53 Å². The van der Waals surface area contributed by atoms with Gasteiger partial charge in [-0.3, -0.25) is 4.79 Å². The standard InChI is InChI=1S/C20H27NO2/c1-14(15-6-7-15)21-12-10-20(11-13-21)9-8-16-17(19(20)22)4-3-5-18(16)23-2/h3-5,14-15H,6-13H2,1-2H3. The van der Waals surface area contributed by atoms with E-state index in [1.54, 1.807) is 7.11 Å². The van der Waals surface area contributed by atoms with Gasteiger partial charge < -0.3 is 9.64 Å². The first kappa shape index (κ1) is 15.2. The summed E-state index contributed by atoms with van der Waals surface area (Å²) in [5.74, 6) is 2.16. The third-order valence-electron chi connectivity index (χ3n) is 6.57. The van der Waals surface area contributed by atoms with Gasteiger partial charge in [-0.15, -0.1) is 0 Å². The summed E-state index contributed by atoms with van der Waals surface area (Å²) in [6.07, 6.45) is 6.82. The van der Waals surface area contributed by atoms with E-state index in [0.29, 0.717) is 11.8 Å². The van der Waals surface area contributed by atoms with Crippen molar-refractivity contribution in [2.75, 3.05) is 20.2 Å². The number of likely N-dealkylation sites (tertiary alicyclic amines) is 1. The number of fused-ring (bicyclic) bond motifs is 1. The molecule has 1 aliphatic heterocycles. The lowest BCUT2D eigenvalue weighted by molar-refractivity contribution is 0.0441. The molecule has 3 aliphatic rings. The van der Waals surface area contributed by atoms with Crippen molar-refractivity contribution in [2.45, 2.75) is 51.5 Å². The van der Waals surface area contributed by atoms with Gasteiger partial charge in [0.1, 0.15) is 5.75 Å². The molecule has 2 fully saturated rings. The lowest BCUT2D eigenvalue weighted by Crippen LogP contribution is -2.49. The second-order valence-corrected chi connectivity index (χ2v) is 7.71. The number of hydrogen-bond acceptors (Lipinski definition) is 3. The fraction of sp³-hybridized carbons (Fsp3) is 0.650. The molecule has 0 radical (unpaired) electrons. The van der Waals surface area contributed by atoms with Crippen LogP contribution in [0.3, 0.4) is 0 Å². The summed E-state index contributed by atoms with van der Waals surface area (Å²) in [4.78, 5) is 15.8. The van der Waals surface area contributed by atoms with Gasteiger partial charge in [-0.1, -0.05) is 12.1 Å². The van der Waals surface area contributed by atoms with E-state index in [2.05, 4.69) is 11.8 Å². The molecule has 3 nitrogen and oxygen atoms in total. The molecule has 1 unspecified atom stereocenters. The molecule has 4 rings (SSSR count). The maximum absolute atomic E-state index is 13.2. The second-order valence-electron chi connectivity index (χ2n) is 7.71. The van der Waals surface area contributed by atoms with Crippen LogP contribution in [0.1, 0.15) is 54.9 Å². The molecule has 1 saturated heterocycles. The Bertz CT molecular complexity index is 612. The highest BCUT2D eigenvalue weighted by atomic mass is 16.5. The monoisotopic (exact) mass is 313 g/mol. The third-order valence-corrected chi connectivity index (χ3v) is 6.57. The van der Waals surface area contributed by atoms with Crippen molar-refractivity contribution >= 4 is 5.78 Å². The summed E-state index contributed by atoms with van der Waals surface area (Å²) in [5.41, 5.74) is 1.93. The van der Waals surface area contributed by atoms with E-state index in [0.717, 1.165) is 61.6 Å². The number of methoxy groups -OCH3 is 1. The Morgan fingerprint density at radius 1 is 1.22 bits per heavy atom. The summed E-state index contributed by atoms with van der Waals surface area (Å²) < 4.78 is 5.46. The second kappa shape index (κ2) is 5.62. The number of ether oxygens (including phenoxy) is 1. The predicted molar refractivity (Wildman–Crippen MR) is 91.1 cm³/mol. The van der Waals surface area contributed by atoms with E-state index in [1.807, 2.05) is 18.2 Å². The number of hydrogen-bond donors (Lipinski definition) is 0. The molecule has 2 aliphatic carbocycles. The van der Waals surface area contributed by atoms with Gasteiger partial charge in [-0.25, -0.2) is 0 Å². The highest BCUT2D eigenvalue weighted by Gasteiger charge is 2.46. The molecule has 1 spiro atoms. The number of carbonyl (C=O) groups excluding carboxylic acids is 1. The maximum Gasteiger partial charge on any atom is 0.169 e. The van der Waals surface area contributed by atoms with Gasteiger partial charge in [0.15, 0.2) is 5.78 Å². The lowest BCUT2D eigenvalue weighted by atomic mass is 9.65. The van der Waals surface area contributed by atoms with Gasteiger partial charge in [0.05, 0.1) is 7.11 Å². The van der Waals surface area contributed by atoms with Crippen LogP contribution in [0, 0.1) is 11.3 Å². The van der Waals surface area contributed by atoms with Crippen molar-refractivity contribution in [3.05, 3.63) is 29.3 Å². The molecule has 1 aromatic rings. The van der Waals surface area contributed by atoms with Gasteiger partial charge in [0.2, 0.25) is 0 Å². The average Bonchev–Trinajstić information content (AvgIpc) is 3.43. The summed E-state index contributed by atoms with van der Waals surface area (Å²) in [6.45, 7) is 4.55. The number of nitrogens with zero attached hydrogens (tertiary/aromatic N) is 1. The van der Waals surface area contributed by atoms with Crippen molar-refractivity contribution in [3.8, 4) is 5.75 Å². The molecular weight excluding hydrogens is 286 g/mol. The number of piperidine rings is 1. The van der Waals surface area contributed by atoms with Crippen molar-refractivity contribution in [1.82, 2.24) is 4.90 Å². The molecular formula is C20H27NO2. The summed E-state index contributed by atoms with van der Waals surface area (Å²) in [7, 11) is 1.70. The molecule has 0 N–H and O–H groups in total. The minimum absolute atomic E-state index is 0.112. The van der Waals surface area contributed by atoms with Crippen molar-refractivity contribution in [2.24, 2.45) is 11.3 Å². The molecule has 23 heavy (non-hydrogen) atoms. The van der Waals surface area contributed by atoms with Gasteiger partial charge >= 0.3 is 0 Å². The predicted octanol–water partition coefficient (Wildman–Crippen LogP) is 3.70. The molecule has 0 aromatic heterocycles. The van der Waals surface area contributed by atoms with Gasteiger partial charge in [0, 0.05) is 22.6 Å². The highest BCUT2D eigenvalue weighted by Crippen LogP contribution is 2.46. The lowest BCUT2D eigenvalue weighted by Gasteiger charge is -2.45. The first-order valence-corrected chi connectivity index (χ1v) is 9.09. The number of carbonyl (C=O) groups is 1. The van der Waals surface area contributed by atoms with Crippen LogP contribution in [0.2, 0.25) is 0 Å². The average molecular weight is 313 g/mol. The van der Waals surface area contributed by atoms with E-state index in [-0.39, 0.29) is 5.41 Å². The minimum atomic E-state index is -0.112. The fourth-order valence-electron chi connectivity index (χ4n) is 4.70. The van der Waals surface area contributed by atoms with E-state index in [4.69, 9.17) is 4.74 Å². The van der Waals surface area contributed by atoms with Gasteiger partial charge in [-0.2, -0.15) is 0 Å². The Morgan fingerprint density at radius 2 is 1.96 bits per heavy atom. The molecule has 1 aromatic carbocycles. The summed E-state index contributed by atoms with van der Waals surface area (Å²) >= 11 is 0. The Kier molecular flexibility index (Phi) is 3.72. The van der Waals surface area contributed by atoms with Crippen molar-refractivity contribution in [3.63, 3.8) is 0 Å². The number of ketones is 1. The zero-order valence-corrected chi connectivity index (χ0v) is 14.3. The Hall–Kier alpha value is -1.35.